The number of H-pyrrole nitrogens is 1. The molecule has 0 saturated carbocycles. The van der Waals surface area contributed by atoms with E-state index in [1.54, 1.807) is 18.2 Å². The number of nitrogens with zero attached hydrogens (tertiary/aromatic N) is 1. The summed E-state index contributed by atoms with van der Waals surface area (Å²) in [5.74, 6) is 0. The van der Waals surface area contributed by atoms with Crippen molar-refractivity contribution in [1.29, 1.82) is 5.26 Å². The van der Waals surface area contributed by atoms with Gasteiger partial charge in [0.05, 0.1) is 22.8 Å². The van der Waals surface area contributed by atoms with E-state index < -0.39 is 6.43 Å². The Morgan fingerprint density at radius 2 is 2.09 bits per heavy atom. The summed E-state index contributed by atoms with van der Waals surface area (Å²) in [6.07, 6.45) is -1.16. The summed E-state index contributed by atoms with van der Waals surface area (Å²) in [5, 5.41) is 9.47. The van der Waals surface area contributed by atoms with Gasteiger partial charge in [-0.2, -0.15) is 5.26 Å². The first-order chi connectivity index (χ1) is 11.1. The number of anilines is 1. The molecule has 3 nitrogen and oxygen atoms in total. The van der Waals surface area contributed by atoms with Crippen LogP contribution in [-0.2, 0) is 0 Å². The van der Waals surface area contributed by atoms with E-state index in [1.165, 1.54) is 18.1 Å². The number of aromatic amines is 1. The number of hydrogen-bond donors (Lipinski definition) is 2. The van der Waals surface area contributed by atoms with Crippen molar-refractivity contribution in [2.24, 2.45) is 0 Å². The first-order valence-electron chi connectivity index (χ1n) is 6.92. The van der Waals surface area contributed by atoms with Gasteiger partial charge in [-0.25, -0.2) is 8.78 Å². The quantitative estimate of drug-likeness (QED) is 0.630. The van der Waals surface area contributed by atoms with E-state index in [-0.39, 0.29) is 5.56 Å². The van der Waals surface area contributed by atoms with Gasteiger partial charge in [0.15, 0.2) is 0 Å². The lowest BCUT2D eigenvalue weighted by Gasteiger charge is -2.09. The Bertz CT molecular complexity index is 896. The maximum absolute atomic E-state index is 13.1. The number of halogens is 2. The van der Waals surface area contributed by atoms with Crippen LogP contribution in [0.4, 0.5) is 14.5 Å². The lowest BCUT2D eigenvalue weighted by molar-refractivity contribution is 0.153. The van der Waals surface area contributed by atoms with Crippen molar-refractivity contribution in [2.75, 3.05) is 4.72 Å². The number of nitrogens with one attached hydrogen (secondary N) is 2. The van der Waals surface area contributed by atoms with E-state index in [0.717, 1.165) is 16.1 Å². The van der Waals surface area contributed by atoms with Crippen molar-refractivity contribution in [3.05, 3.63) is 59.3 Å². The molecule has 2 aromatic carbocycles. The molecule has 0 aliphatic heterocycles. The van der Waals surface area contributed by atoms with Crippen molar-refractivity contribution < 1.29 is 8.78 Å². The number of alkyl halides is 2. The fourth-order valence-electron chi connectivity index (χ4n) is 2.45. The molecule has 3 rings (SSSR count). The Balaban J connectivity index is 1.92. The van der Waals surface area contributed by atoms with E-state index in [1.807, 2.05) is 25.1 Å². The summed E-state index contributed by atoms with van der Waals surface area (Å²) in [5.41, 5.74) is 2.77. The molecule has 0 unspecified atom stereocenters. The third-order valence-corrected chi connectivity index (χ3v) is 4.36. The minimum Gasteiger partial charge on any atom is -0.359 e. The normalized spacial score (nSPS) is 10.9. The lowest BCUT2D eigenvalue weighted by atomic mass is 10.1. The smallest absolute Gasteiger partial charge is 0.265 e. The Morgan fingerprint density at radius 1 is 1.26 bits per heavy atom. The van der Waals surface area contributed by atoms with Crippen LogP contribution in [-0.4, -0.2) is 4.98 Å². The SMILES string of the molecule is Cc1ccc(NSc2cccc(C#N)c2)c2[nH]cc(C(F)F)c12. The fraction of sp³-hybridized carbons (Fsp3) is 0.118. The molecular formula is C17H13F2N3S. The van der Waals surface area contributed by atoms with Crippen LogP contribution in [0.1, 0.15) is 23.1 Å². The molecule has 0 aliphatic carbocycles. The van der Waals surface area contributed by atoms with Gasteiger partial charge in [0.25, 0.3) is 6.43 Å². The minimum atomic E-state index is -2.52. The molecule has 0 amide bonds. The molecule has 1 heterocycles. The molecule has 1 aromatic heterocycles. The molecule has 0 bridgehead atoms. The van der Waals surface area contributed by atoms with Crippen molar-refractivity contribution >= 4 is 28.5 Å². The second-order valence-corrected chi connectivity index (χ2v) is 5.95. The number of hydrogen-bond acceptors (Lipinski definition) is 3. The zero-order valence-electron chi connectivity index (χ0n) is 12.2. The summed E-state index contributed by atoms with van der Waals surface area (Å²) >= 11 is 1.33. The van der Waals surface area contributed by atoms with Gasteiger partial charge in [-0.05, 0) is 48.7 Å². The van der Waals surface area contributed by atoms with Gasteiger partial charge >= 0.3 is 0 Å². The molecule has 0 radical (unpaired) electrons. The molecule has 0 spiro atoms. The number of rotatable bonds is 4. The highest BCUT2D eigenvalue weighted by atomic mass is 32.2. The summed E-state index contributed by atoms with van der Waals surface area (Å²) in [4.78, 5) is 3.80. The highest BCUT2D eigenvalue weighted by molar-refractivity contribution is 8.00. The topological polar surface area (TPSA) is 51.6 Å². The van der Waals surface area contributed by atoms with Crippen molar-refractivity contribution in [1.82, 2.24) is 4.98 Å². The third-order valence-electron chi connectivity index (χ3n) is 3.55. The highest BCUT2D eigenvalue weighted by Crippen LogP contribution is 2.35. The average Bonchev–Trinajstić information content (AvgIpc) is 3.01. The van der Waals surface area contributed by atoms with Crippen LogP contribution in [0.5, 0.6) is 0 Å². The number of aromatic nitrogens is 1. The fourth-order valence-corrected chi connectivity index (χ4v) is 3.18. The molecule has 0 saturated heterocycles. The van der Waals surface area contributed by atoms with Gasteiger partial charge in [-0.15, -0.1) is 0 Å². The maximum Gasteiger partial charge on any atom is 0.265 e. The Kier molecular flexibility index (Phi) is 4.22. The Morgan fingerprint density at radius 3 is 2.83 bits per heavy atom. The molecule has 3 aromatic rings. The summed E-state index contributed by atoms with van der Waals surface area (Å²) in [6.45, 7) is 1.81. The second kappa shape index (κ2) is 6.31. The van der Waals surface area contributed by atoms with Crippen LogP contribution >= 0.6 is 11.9 Å². The molecule has 0 aliphatic rings. The second-order valence-electron chi connectivity index (χ2n) is 5.07. The van der Waals surface area contributed by atoms with E-state index in [9.17, 15) is 8.78 Å². The first kappa shape index (κ1) is 15.4. The monoisotopic (exact) mass is 329 g/mol. The number of aryl methyl sites for hydroxylation is 1. The van der Waals surface area contributed by atoms with E-state index in [0.29, 0.717) is 16.5 Å². The van der Waals surface area contributed by atoms with Crippen LogP contribution in [0.3, 0.4) is 0 Å². The molecule has 0 atom stereocenters. The zero-order chi connectivity index (χ0) is 16.4. The highest BCUT2D eigenvalue weighted by Gasteiger charge is 2.17. The number of benzene rings is 2. The number of fused-ring (bicyclic) bond motifs is 1. The van der Waals surface area contributed by atoms with Crippen LogP contribution < -0.4 is 4.72 Å². The van der Waals surface area contributed by atoms with Gasteiger partial charge in [0, 0.05) is 22.0 Å². The van der Waals surface area contributed by atoms with Crippen molar-refractivity contribution in [2.45, 2.75) is 18.2 Å². The van der Waals surface area contributed by atoms with E-state index >= 15 is 0 Å². The lowest BCUT2D eigenvalue weighted by Crippen LogP contribution is -1.91. The zero-order valence-corrected chi connectivity index (χ0v) is 13.0. The van der Waals surface area contributed by atoms with Gasteiger partial charge in [0.1, 0.15) is 0 Å². The Hall–Kier alpha value is -2.52. The minimum absolute atomic E-state index is 0.0117. The molecule has 2 N–H and O–H groups in total. The average molecular weight is 329 g/mol. The Labute approximate surface area is 136 Å². The molecule has 23 heavy (non-hydrogen) atoms. The summed E-state index contributed by atoms with van der Waals surface area (Å²) in [7, 11) is 0. The van der Waals surface area contributed by atoms with Crippen LogP contribution in [0, 0.1) is 18.3 Å². The molecule has 6 heteroatoms. The maximum atomic E-state index is 13.1. The van der Waals surface area contributed by atoms with Gasteiger partial charge < -0.3 is 9.71 Å². The predicted molar refractivity (Wildman–Crippen MR) is 88.6 cm³/mol. The largest absolute Gasteiger partial charge is 0.359 e. The van der Waals surface area contributed by atoms with E-state index in [2.05, 4.69) is 15.8 Å². The number of nitriles is 1. The van der Waals surface area contributed by atoms with Gasteiger partial charge in [-0.3, -0.25) is 0 Å². The van der Waals surface area contributed by atoms with Crippen LogP contribution in [0.25, 0.3) is 10.9 Å². The molecule has 116 valence electrons. The van der Waals surface area contributed by atoms with Crippen molar-refractivity contribution in [3.8, 4) is 6.07 Å². The van der Waals surface area contributed by atoms with Crippen LogP contribution in [0.2, 0.25) is 0 Å². The first-order valence-corrected chi connectivity index (χ1v) is 7.73. The molecule has 0 fully saturated rings. The van der Waals surface area contributed by atoms with E-state index in [4.69, 9.17) is 5.26 Å². The standard InChI is InChI=1S/C17H13F2N3S/c1-10-5-6-14(16-15(10)13(9-21-16)17(18)19)22-23-12-4-2-3-11(7-12)8-20/h2-7,9,17,21-22H,1H3. The summed E-state index contributed by atoms with van der Waals surface area (Å²) < 4.78 is 29.4. The summed E-state index contributed by atoms with van der Waals surface area (Å²) in [6, 6.07) is 12.9. The van der Waals surface area contributed by atoms with Gasteiger partial charge in [-0.1, -0.05) is 12.1 Å². The third kappa shape index (κ3) is 3.01. The predicted octanol–water partition coefficient (Wildman–Crippen LogP) is 5.40. The van der Waals surface area contributed by atoms with Crippen LogP contribution in [0.15, 0.2) is 47.5 Å². The van der Waals surface area contributed by atoms with Gasteiger partial charge in [0.2, 0.25) is 0 Å². The van der Waals surface area contributed by atoms with Crippen molar-refractivity contribution in [3.63, 3.8) is 0 Å². The molecular weight excluding hydrogens is 316 g/mol.